The second-order valence-corrected chi connectivity index (χ2v) is 12.9. The lowest BCUT2D eigenvalue weighted by molar-refractivity contribution is -0.876. The summed E-state index contributed by atoms with van der Waals surface area (Å²) >= 11 is 0. The van der Waals surface area contributed by atoms with Crippen molar-refractivity contribution in [2.24, 2.45) is 52.8 Å². The number of hydrogen-bond acceptors (Lipinski definition) is 4. The fourth-order valence-corrected chi connectivity index (χ4v) is 8.81. The van der Waals surface area contributed by atoms with Gasteiger partial charge in [-0.25, -0.2) is 0 Å². The van der Waals surface area contributed by atoms with Crippen molar-refractivity contribution < 1.29 is 23.5 Å². The van der Waals surface area contributed by atoms with Crippen LogP contribution in [0, 0.1) is 52.8 Å². The third-order valence-corrected chi connectivity index (χ3v) is 9.83. The van der Waals surface area contributed by atoms with E-state index in [1.54, 1.807) is 0 Å². The van der Waals surface area contributed by atoms with E-state index in [0.29, 0.717) is 52.5 Å². The first-order valence-electron chi connectivity index (χ1n) is 12.0. The number of rotatable bonds is 2. The van der Waals surface area contributed by atoms with Crippen LogP contribution in [-0.2, 0) is 14.3 Å². The first-order chi connectivity index (χ1) is 14.0. The van der Waals surface area contributed by atoms with Crippen LogP contribution in [0.5, 0.6) is 0 Å². The predicted molar refractivity (Wildman–Crippen MR) is 111 cm³/mol. The Hall–Kier alpha value is -1.36. The summed E-state index contributed by atoms with van der Waals surface area (Å²) in [6.45, 7) is 12.3. The standard InChI is InChI=1S/C25H36NO4/c1-24(2,3)12-26(7-6-25(26,4)5)23(28)30-18-9-13-8-15(18)20-14-10-16(19(13)20)21-17(14)11-29-22(21)27/h6-7,13-21H,8-12H2,1-5H3/q+1. The molecule has 0 N–H and O–H groups in total. The molecule has 5 fully saturated rings. The molecule has 164 valence electrons. The molecule has 4 saturated carbocycles. The number of cyclic esters (lactones) is 1. The molecular weight excluding hydrogens is 378 g/mol. The maximum atomic E-state index is 13.6. The van der Waals surface area contributed by atoms with Gasteiger partial charge in [0.05, 0.1) is 19.1 Å². The highest BCUT2D eigenvalue weighted by atomic mass is 16.6. The molecule has 6 aliphatic rings. The van der Waals surface area contributed by atoms with Crippen LogP contribution in [-0.4, -0.2) is 41.3 Å². The fraction of sp³-hybridized carbons (Fsp3) is 0.840. The SMILES string of the molecule is CC(C)(C)C[N+]1(C(=O)OC2CC3CC2C2C4CC(C5C(=O)OCC45)C32)C=CC1(C)C. The highest BCUT2D eigenvalue weighted by Gasteiger charge is 2.71. The third kappa shape index (κ3) is 2.28. The number of nitrogens with zero attached hydrogens (tertiary/aromatic N) is 1. The molecule has 1 amide bonds. The number of quaternary nitrogens is 1. The van der Waals surface area contributed by atoms with Crippen molar-refractivity contribution in [3.8, 4) is 0 Å². The van der Waals surface area contributed by atoms with Crippen molar-refractivity contribution in [3.63, 3.8) is 0 Å². The molecule has 0 aromatic heterocycles. The van der Waals surface area contributed by atoms with Crippen molar-refractivity contribution in [2.45, 2.75) is 65.5 Å². The first-order valence-corrected chi connectivity index (χ1v) is 12.0. The van der Waals surface area contributed by atoms with Crippen molar-refractivity contribution >= 4 is 12.1 Å². The smallest absolute Gasteiger partial charge is 0.465 e. The van der Waals surface area contributed by atoms with Gasteiger partial charge in [0.25, 0.3) is 0 Å². The lowest BCUT2D eigenvalue weighted by Crippen LogP contribution is -2.68. The van der Waals surface area contributed by atoms with Gasteiger partial charge in [-0.2, -0.15) is 9.28 Å². The largest absolute Gasteiger partial charge is 0.521 e. The number of carbonyl (C=O) groups excluding carboxylic acids is 2. The minimum atomic E-state index is -0.217. The van der Waals surface area contributed by atoms with E-state index in [9.17, 15) is 9.59 Å². The van der Waals surface area contributed by atoms with E-state index < -0.39 is 0 Å². The molecule has 0 aromatic rings. The Labute approximate surface area is 179 Å². The topological polar surface area (TPSA) is 52.6 Å². The molecule has 4 bridgehead atoms. The average Bonchev–Trinajstić information content (AvgIpc) is 3.41. The van der Waals surface area contributed by atoms with E-state index in [1.165, 1.54) is 12.8 Å². The van der Waals surface area contributed by atoms with Gasteiger partial charge in [0.1, 0.15) is 17.8 Å². The minimum Gasteiger partial charge on any atom is -0.465 e. The molecule has 5 heteroatoms. The summed E-state index contributed by atoms with van der Waals surface area (Å²) in [5, 5.41) is 0. The molecule has 2 heterocycles. The van der Waals surface area contributed by atoms with Crippen LogP contribution in [0.2, 0.25) is 0 Å². The Balaban J connectivity index is 1.22. The normalized spacial score (nSPS) is 51.5. The van der Waals surface area contributed by atoms with Gasteiger partial charge in [-0.05, 0) is 68.6 Å². The molecule has 30 heavy (non-hydrogen) atoms. The second-order valence-electron chi connectivity index (χ2n) is 12.9. The van der Waals surface area contributed by atoms with Crippen molar-refractivity contribution in [2.75, 3.05) is 13.2 Å². The van der Waals surface area contributed by atoms with E-state index in [2.05, 4.69) is 40.7 Å². The van der Waals surface area contributed by atoms with Crippen molar-refractivity contribution in [1.82, 2.24) is 0 Å². The number of hydrogen-bond donors (Lipinski definition) is 0. The Morgan fingerprint density at radius 1 is 1.13 bits per heavy atom. The maximum Gasteiger partial charge on any atom is 0.521 e. The van der Waals surface area contributed by atoms with Gasteiger partial charge in [0.15, 0.2) is 0 Å². The second kappa shape index (κ2) is 5.70. The Bertz CT molecular complexity index is 841. The summed E-state index contributed by atoms with van der Waals surface area (Å²) in [4.78, 5) is 25.9. The number of carbonyl (C=O) groups is 2. The molecule has 10 atom stereocenters. The quantitative estimate of drug-likeness (QED) is 0.382. The van der Waals surface area contributed by atoms with E-state index in [-0.39, 0.29) is 35.0 Å². The molecular formula is C25H36NO4+. The molecule has 0 radical (unpaired) electrons. The number of esters is 1. The summed E-state index contributed by atoms with van der Waals surface area (Å²) in [5.74, 6) is 4.21. The van der Waals surface area contributed by atoms with Gasteiger partial charge >= 0.3 is 12.1 Å². The maximum absolute atomic E-state index is 13.6. The monoisotopic (exact) mass is 414 g/mol. The molecule has 10 unspecified atom stereocenters. The number of amides is 1. The van der Waals surface area contributed by atoms with Crippen LogP contribution >= 0.6 is 0 Å². The fourth-order valence-electron chi connectivity index (χ4n) is 8.81. The molecule has 0 spiro atoms. The minimum absolute atomic E-state index is 0.0372. The van der Waals surface area contributed by atoms with Gasteiger partial charge in [-0.1, -0.05) is 20.8 Å². The van der Waals surface area contributed by atoms with Crippen LogP contribution in [0.4, 0.5) is 4.79 Å². The third-order valence-electron chi connectivity index (χ3n) is 9.83. The van der Waals surface area contributed by atoms with E-state index in [0.717, 1.165) is 13.0 Å². The van der Waals surface area contributed by atoms with Crippen LogP contribution in [0.15, 0.2) is 12.3 Å². The Morgan fingerprint density at radius 2 is 1.90 bits per heavy atom. The van der Waals surface area contributed by atoms with Gasteiger partial charge < -0.3 is 9.47 Å². The zero-order valence-corrected chi connectivity index (χ0v) is 19.0. The van der Waals surface area contributed by atoms with Gasteiger partial charge in [-0.3, -0.25) is 4.79 Å². The van der Waals surface area contributed by atoms with Crippen LogP contribution < -0.4 is 0 Å². The lowest BCUT2D eigenvalue weighted by atomic mass is 9.63. The van der Waals surface area contributed by atoms with E-state index in [1.807, 2.05) is 6.20 Å². The van der Waals surface area contributed by atoms with Gasteiger partial charge in [-0.15, -0.1) is 0 Å². The van der Waals surface area contributed by atoms with E-state index in [4.69, 9.17) is 9.47 Å². The number of ether oxygens (including phenoxy) is 2. The zero-order valence-electron chi connectivity index (χ0n) is 19.0. The molecule has 6 rings (SSSR count). The summed E-state index contributed by atoms with van der Waals surface area (Å²) in [5.41, 5.74) is -0.179. The van der Waals surface area contributed by atoms with Gasteiger partial charge in [0, 0.05) is 17.4 Å². The van der Waals surface area contributed by atoms with Crippen LogP contribution in [0.1, 0.15) is 53.9 Å². The molecule has 4 aliphatic carbocycles. The summed E-state index contributed by atoms with van der Waals surface area (Å²) in [6, 6.07) is 0. The summed E-state index contributed by atoms with van der Waals surface area (Å²) in [7, 11) is 0. The molecule has 1 saturated heterocycles. The van der Waals surface area contributed by atoms with Gasteiger partial charge in [0.2, 0.25) is 0 Å². The van der Waals surface area contributed by atoms with E-state index >= 15 is 0 Å². The Morgan fingerprint density at radius 3 is 2.53 bits per heavy atom. The lowest BCUT2D eigenvalue weighted by Gasteiger charge is -2.51. The average molecular weight is 415 g/mol. The first kappa shape index (κ1) is 19.3. The Kier molecular flexibility index (Phi) is 3.68. The van der Waals surface area contributed by atoms with Crippen molar-refractivity contribution in [3.05, 3.63) is 12.3 Å². The summed E-state index contributed by atoms with van der Waals surface area (Å²) in [6.07, 6.45) is 7.57. The molecule has 5 nitrogen and oxygen atoms in total. The zero-order chi connectivity index (χ0) is 21.2. The highest BCUT2D eigenvalue weighted by molar-refractivity contribution is 5.76. The molecule has 2 aliphatic heterocycles. The number of fused-ring (bicyclic) bond motifs is 12. The van der Waals surface area contributed by atoms with Crippen LogP contribution in [0.3, 0.4) is 0 Å². The predicted octanol–water partition coefficient (Wildman–Crippen LogP) is 4.37. The molecule has 0 aromatic carbocycles. The highest BCUT2D eigenvalue weighted by Crippen LogP contribution is 2.71. The van der Waals surface area contributed by atoms with Crippen LogP contribution in [0.25, 0.3) is 0 Å². The van der Waals surface area contributed by atoms with Crippen molar-refractivity contribution in [1.29, 1.82) is 0 Å². The summed E-state index contributed by atoms with van der Waals surface area (Å²) < 4.78 is 12.1.